The highest BCUT2D eigenvalue weighted by atomic mass is 15.1. The van der Waals surface area contributed by atoms with Crippen molar-refractivity contribution in [2.24, 2.45) is 5.92 Å². The van der Waals surface area contributed by atoms with Crippen LogP contribution >= 0.6 is 0 Å². The maximum Gasteiger partial charge on any atom is 0.0641 e. The standard InChI is InChI=1S/C14H24N2/c1-6-7-8-11(4)13-9-15-16-14(13)12(5)10(2)3/h9-10,16H,6-8H2,1-5H3. The highest BCUT2D eigenvalue weighted by Crippen LogP contribution is 2.07. The molecule has 0 saturated carbocycles. The summed E-state index contributed by atoms with van der Waals surface area (Å²) >= 11 is 0. The number of rotatable bonds is 4. The average molecular weight is 220 g/mol. The zero-order valence-corrected chi connectivity index (χ0v) is 11.2. The number of nitrogens with one attached hydrogen (secondary N) is 1. The summed E-state index contributed by atoms with van der Waals surface area (Å²) < 4.78 is 0. The molecule has 1 aromatic heterocycles. The summed E-state index contributed by atoms with van der Waals surface area (Å²) in [5.41, 5.74) is 2.84. The van der Waals surface area contributed by atoms with Crippen LogP contribution in [-0.2, 0) is 0 Å². The normalized spacial score (nSPS) is 15.4. The van der Waals surface area contributed by atoms with Gasteiger partial charge in [-0.2, -0.15) is 5.10 Å². The van der Waals surface area contributed by atoms with Crippen LogP contribution in [-0.4, -0.2) is 10.2 Å². The fraction of sp³-hybridized carbons (Fsp3) is 0.643. The second-order valence-corrected chi connectivity index (χ2v) is 4.88. The van der Waals surface area contributed by atoms with Crippen molar-refractivity contribution in [3.05, 3.63) is 16.8 Å². The molecule has 0 fully saturated rings. The predicted molar refractivity (Wildman–Crippen MR) is 70.4 cm³/mol. The van der Waals surface area contributed by atoms with Gasteiger partial charge in [0.25, 0.3) is 0 Å². The van der Waals surface area contributed by atoms with E-state index in [4.69, 9.17) is 0 Å². The third-order valence-electron chi connectivity index (χ3n) is 3.26. The molecule has 0 unspecified atom stereocenters. The maximum atomic E-state index is 4.19. The topological polar surface area (TPSA) is 28.7 Å². The van der Waals surface area contributed by atoms with Crippen LogP contribution in [0.5, 0.6) is 0 Å². The fourth-order valence-corrected chi connectivity index (χ4v) is 1.78. The van der Waals surface area contributed by atoms with E-state index in [2.05, 4.69) is 44.8 Å². The van der Waals surface area contributed by atoms with Crippen molar-refractivity contribution in [2.75, 3.05) is 0 Å². The van der Waals surface area contributed by atoms with Gasteiger partial charge in [-0.15, -0.1) is 0 Å². The second-order valence-electron chi connectivity index (χ2n) is 4.88. The number of unbranched alkanes of at least 4 members (excludes halogenated alkanes) is 1. The molecule has 0 atom stereocenters. The van der Waals surface area contributed by atoms with Crippen LogP contribution in [0.2, 0.25) is 0 Å². The first kappa shape index (κ1) is 13.0. The molecule has 0 spiro atoms. The molecule has 0 bridgehead atoms. The Morgan fingerprint density at radius 2 is 2.06 bits per heavy atom. The van der Waals surface area contributed by atoms with E-state index in [0.29, 0.717) is 5.92 Å². The number of aromatic nitrogens is 2. The van der Waals surface area contributed by atoms with Gasteiger partial charge in [0.05, 0.1) is 11.5 Å². The van der Waals surface area contributed by atoms with E-state index >= 15 is 0 Å². The quantitative estimate of drug-likeness (QED) is 0.830. The van der Waals surface area contributed by atoms with Gasteiger partial charge >= 0.3 is 0 Å². The zero-order valence-electron chi connectivity index (χ0n) is 11.2. The fourth-order valence-electron chi connectivity index (χ4n) is 1.78. The van der Waals surface area contributed by atoms with Gasteiger partial charge in [-0.05, 0) is 38.2 Å². The SMILES string of the molecule is CCCCC(C)=c1cn[nH]c1=C(C)C(C)C. The van der Waals surface area contributed by atoms with Gasteiger partial charge in [0.1, 0.15) is 0 Å². The van der Waals surface area contributed by atoms with E-state index in [9.17, 15) is 0 Å². The molecule has 1 aromatic rings. The molecule has 0 aliphatic carbocycles. The van der Waals surface area contributed by atoms with E-state index < -0.39 is 0 Å². The summed E-state index contributed by atoms with van der Waals surface area (Å²) in [7, 11) is 0. The summed E-state index contributed by atoms with van der Waals surface area (Å²) in [4.78, 5) is 0. The van der Waals surface area contributed by atoms with Gasteiger partial charge in [-0.1, -0.05) is 32.8 Å². The molecule has 2 heteroatoms. The molecule has 90 valence electrons. The van der Waals surface area contributed by atoms with Crippen LogP contribution in [0.1, 0.15) is 53.9 Å². The third kappa shape index (κ3) is 2.97. The molecule has 1 heterocycles. The van der Waals surface area contributed by atoms with Crippen molar-refractivity contribution in [1.29, 1.82) is 0 Å². The van der Waals surface area contributed by atoms with Crippen molar-refractivity contribution >= 4 is 11.1 Å². The molecular weight excluding hydrogens is 196 g/mol. The first-order chi connectivity index (χ1) is 7.57. The summed E-state index contributed by atoms with van der Waals surface area (Å²) in [6.07, 6.45) is 5.65. The Kier molecular flexibility index (Phi) is 4.78. The van der Waals surface area contributed by atoms with Gasteiger partial charge in [0, 0.05) is 5.22 Å². The first-order valence-corrected chi connectivity index (χ1v) is 6.27. The molecule has 0 saturated heterocycles. The Balaban J connectivity index is 3.26. The van der Waals surface area contributed by atoms with Crippen molar-refractivity contribution in [2.45, 2.75) is 53.9 Å². The Morgan fingerprint density at radius 1 is 1.38 bits per heavy atom. The summed E-state index contributed by atoms with van der Waals surface area (Å²) in [6.45, 7) is 11.1. The van der Waals surface area contributed by atoms with Crippen LogP contribution in [0.4, 0.5) is 0 Å². The van der Waals surface area contributed by atoms with E-state index in [-0.39, 0.29) is 0 Å². The molecule has 1 rings (SSSR count). The van der Waals surface area contributed by atoms with Gasteiger partial charge in [0.15, 0.2) is 0 Å². The van der Waals surface area contributed by atoms with E-state index in [1.165, 1.54) is 41.0 Å². The predicted octanol–water partition coefficient (Wildman–Crippen LogP) is 2.60. The molecule has 0 aliphatic heterocycles. The number of aromatic amines is 1. The molecule has 0 aromatic carbocycles. The lowest BCUT2D eigenvalue weighted by atomic mass is 10.0. The van der Waals surface area contributed by atoms with Gasteiger partial charge in [-0.25, -0.2) is 0 Å². The van der Waals surface area contributed by atoms with Crippen molar-refractivity contribution in [3.63, 3.8) is 0 Å². The summed E-state index contributed by atoms with van der Waals surface area (Å²) in [6, 6.07) is 0. The number of H-pyrrole nitrogens is 1. The minimum absolute atomic E-state index is 0.568. The summed E-state index contributed by atoms with van der Waals surface area (Å²) in [5, 5.41) is 9.86. The maximum absolute atomic E-state index is 4.19. The van der Waals surface area contributed by atoms with Crippen molar-refractivity contribution in [1.82, 2.24) is 10.2 Å². The largest absolute Gasteiger partial charge is 0.278 e. The summed E-state index contributed by atoms with van der Waals surface area (Å²) in [5.74, 6) is 0.568. The lowest BCUT2D eigenvalue weighted by Gasteiger charge is -2.03. The number of hydrogen-bond donors (Lipinski definition) is 1. The minimum atomic E-state index is 0.568. The highest BCUT2D eigenvalue weighted by Gasteiger charge is 2.02. The molecule has 1 N–H and O–H groups in total. The Morgan fingerprint density at radius 3 is 2.62 bits per heavy atom. The Bertz CT molecular complexity index is 438. The number of hydrogen-bond acceptors (Lipinski definition) is 1. The Labute approximate surface area is 98.5 Å². The lowest BCUT2D eigenvalue weighted by Crippen LogP contribution is -2.28. The Hall–Kier alpha value is -1.05. The molecule has 2 nitrogen and oxygen atoms in total. The van der Waals surface area contributed by atoms with Crippen LogP contribution in [0.3, 0.4) is 0 Å². The van der Waals surface area contributed by atoms with Gasteiger partial charge in [0.2, 0.25) is 0 Å². The molecule has 0 radical (unpaired) electrons. The molecule has 16 heavy (non-hydrogen) atoms. The number of nitrogens with zero attached hydrogens (tertiary/aromatic N) is 1. The van der Waals surface area contributed by atoms with E-state index in [0.717, 1.165) is 0 Å². The molecule has 0 amide bonds. The van der Waals surface area contributed by atoms with Crippen LogP contribution < -0.4 is 10.6 Å². The van der Waals surface area contributed by atoms with Crippen LogP contribution in [0.25, 0.3) is 11.1 Å². The first-order valence-electron chi connectivity index (χ1n) is 6.27. The van der Waals surface area contributed by atoms with E-state index in [1.807, 2.05) is 6.20 Å². The third-order valence-corrected chi connectivity index (χ3v) is 3.26. The average Bonchev–Trinajstić information content (AvgIpc) is 2.73. The zero-order chi connectivity index (χ0) is 12.1. The van der Waals surface area contributed by atoms with Crippen molar-refractivity contribution in [3.8, 4) is 0 Å². The van der Waals surface area contributed by atoms with Crippen molar-refractivity contribution < 1.29 is 0 Å². The van der Waals surface area contributed by atoms with Gasteiger partial charge < -0.3 is 0 Å². The molecular formula is C14H24N2. The highest BCUT2D eigenvalue weighted by molar-refractivity contribution is 5.47. The minimum Gasteiger partial charge on any atom is -0.278 e. The second kappa shape index (κ2) is 5.88. The smallest absolute Gasteiger partial charge is 0.0641 e. The van der Waals surface area contributed by atoms with Crippen LogP contribution in [0, 0.1) is 5.92 Å². The molecule has 0 aliphatic rings. The monoisotopic (exact) mass is 220 g/mol. The van der Waals surface area contributed by atoms with Gasteiger partial charge in [-0.3, -0.25) is 5.10 Å². The van der Waals surface area contributed by atoms with Crippen LogP contribution in [0.15, 0.2) is 6.20 Å². The van der Waals surface area contributed by atoms with E-state index in [1.54, 1.807) is 0 Å². The lowest BCUT2D eigenvalue weighted by molar-refractivity contribution is 0.816.